The van der Waals surface area contributed by atoms with Crippen LogP contribution in [-0.4, -0.2) is 34.8 Å². The van der Waals surface area contributed by atoms with Gasteiger partial charge in [0, 0.05) is 22.3 Å². The van der Waals surface area contributed by atoms with Gasteiger partial charge in [-0.2, -0.15) is 4.98 Å². The largest absolute Gasteiger partial charge is 0.497 e. The Morgan fingerprint density at radius 3 is 2.35 bits per heavy atom. The number of nitrogen functional groups attached to an aromatic ring is 1. The molecule has 0 saturated heterocycles. The van der Waals surface area contributed by atoms with Gasteiger partial charge in [-0.15, -0.1) is 0 Å². The summed E-state index contributed by atoms with van der Waals surface area (Å²) in [6, 6.07) is 16.3. The first-order chi connectivity index (χ1) is 16.5. The number of aromatic nitrogens is 2. The minimum Gasteiger partial charge on any atom is -0.497 e. The molecular weight excluding hydrogens is 438 g/mol. The van der Waals surface area contributed by atoms with Gasteiger partial charge in [-0.3, -0.25) is 9.59 Å². The topological polar surface area (TPSA) is 135 Å². The van der Waals surface area contributed by atoms with E-state index in [0.717, 1.165) is 0 Å². The van der Waals surface area contributed by atoms with E-state index in [4.69, 9.17) is 19.7 Å². The molecule has 0 fully saturated rings. The lowest BCUT2D eigenvalue weighted by Gasteiger charge is -2.20. The third-order valence-electron chi connectivity index (χ3n) is 5.50. The smallest absolute Gasteiger partial charge is 0.340 e. The van der Waals surface area contributed by atoms with E-state index in [1.807, 2.05) is 0 Å². The monoisotopic (exact) mass is 455 g/mol. The summed E-state index contributed by atoms with van der Waals surface area (Å²) in [6.07, 6.45) is 0. The van der Waals surface area contributed by atoms with Gasteiger partial charge in [0.05, 0.1) is 23.9 Å². The first-order valence-corrected chi connectivity index (χ1v) is 10.2. The molecule has 0 bridgehead atoms. The average molecular weight is 455 g/mol. The number of hydrogen-bond donors (Lipinski definition) is 1. The van der Waals surface area contributed by atoms with Crippen LogP contribution in [-0.2, 0) is 11.3 Å². The number of carbonyl (C=O) groups is 3. The van der Waals surface area contributed by atoms with Gasteiger partial charge in [0.1, 0.15) is 5.75 Å². The number of anilines is 1. The maximum Gasteiger partial charge on any atom is 0.340 e. The molecule has 1 aliphatic rings. The number of esters is 1. The molecule has 0 unspecified atom stereocenters. The van der Waals surface area contributed by atoms with Crippen molar-refractivity contribution in [3.63, 3.8) is 0 Å². The molecular formula is C25H17N3O6. The number of methoxy groups -OCH3 is 1. The second-order valence-corrected chi connectivity index (χ2v) is 7.47. The van der Waals surface area contributed by atoms with E-state index < -0.39 is 11.8 Å². The van der Waals surface area contributed by atoms with Gasteiger partial charge >= 0.3 is 5.97 Å². The molecule has 4 aromatic rings. The molecule has 34 heavy (non-hydrogen) atoms. The zero-order valence-electron chi connectivity index (χ0n) is 17.9. The first kappa shape index (κ1) is 21.1. The fourth-order valence-corrected chi connectivity index (χ4v) is 3.77. The van der Waals surface area contributed by atoms with Crippen molar-refractivity contribution >= 4 is 23.2 Å². The molecule has 168 valence electrons. The van der Waals surface area contributed by atoms with Gasteiger partial charge in [-0.1, -0.05) is 29.4 Å². The Kier molecular flexibility index (Phi) is 5.14. The van der Waals surface area contributed by atoms with Crippen LogP contribution in [0.1, 0.15) is 48.1 Å². The van der Waals surface area contributed by atoms with Crippen LogP contribution in [0.4, 0.5) is 5.69 Å². The molecule has 5 rings (SSSR count). The van der Waals surface area contributed by atoms with Crippen LogP contribution < -0.4 is 10.5 Å². The quantitative estimate of drug-likeness (QED) is 0.312. The van der Waals surface area contributed by atoms with E-state index in [1.54, 1.807) is 55.6 Å². The molecule has 1 heterocycles. The Balaban J connectivity index is 1.35. The van der Waals surface area contributed by atoms with Crippen LogP contribution in [0.3, 0.4) is 0 Å². The predicted molar refractivity (Wildman–Crippen MR) is 120 cm³/mol. The molecule has 1 aromatic heterocycles. The van der Waals surface area contributed by atoms with E-state index in [9.17, 15) is 14.4 Å². The van der Waals surface area contributed by atoms with Crippen molar-refractivity contribution in [2.45, 2.75) is 6.61 Å². The predicted octanol–water partition coefficient (Wildman–Crippen LogP) is 3.46. The first-order valence-electron chi connectivity index (χ1n) is 10.2. The zero-order chi connectivity index (χ0) is 23.8. The van der Waals surface area contributed by atoms with Crippen molar-refractivity contribution in [3.05, 3.63) is 94.4 Å². The van der Waals surface area contributed by atoms with Gasteiger partial charge in [0.25, 0.3) is 5.89 Å². The van der Waals surface area contributed by atoms with Crippen molar-refractivity contribution in [2.75, 3.05) is 12.8 Å². The third kappa shape index (κ3) is 3.49. The summed E-state index contributed by atoms with van der Waals surface area (Å²) in [4.78, 5) is 42.7. The van der Waals surface area contributed by atoms with E-state index >= 15 is 0 Å². The van der Waals surface area contributed by atoms with Crippen molar-refractivity contribution < 1.29 is 28.4 Å². The van der Waals surface area contributed by atoms with E-state index in [-0.39, 0.29) is 46.2 Å². The summed E-state index contributed by atoms with van der Waals surface area (Å²) >= 11 is 0. The highest BCUT2D eigenvalue weighted by molar-refractivity contribution is 6.30. The van der Waals surface area contributed by atoms with E-state index in [2.05, 4.69) is 10.1 Å². The second kappa shape index (κ2) is 8.28. The molecule has 3 aromatic carbocycles. The Morgan fingerprint density at radius 1 is 0.941 bits per heavy atom. The summed E-state index contributed by atoms with van der Waals surface area (Å²) in [6.45, 7) is -0.297. The number of nitrogens with zero attached hydrogens (tertiary/aromatic N) is 2. The van der Waals surface area contributed by atoms with E-state index in [1.165, 1.54) is 12.1 Å². The molecule has 9 nitrogen and oxygen atoms in total. The Morgan fingerprint density at radius 2 is 1.65 bits per heavy atom. The summed E-state index contributed by atoms with van der Waals surface area (Å²) in [5, 5.41) is 3.88. The highest BCUT2D eigenvalue weighted by atomic mass is 16.6. The van der Waals surface area contributed by atoms with Crippen LogP contribution in [0.15, 0.2) is 65.2 Å². The summed E-state index contributed by atoms with van der Waals surface area (Å²) < 4.78 is 15.5. The number of carbonyl (C=O) groups excluding carboxylic acids is 3. The van der Waals surface area contributed by atoms with Gasteiger partial charge in [0.15, 0.2) is 18.2 Å². The normalized spacial score (nSPS) is 12.1. The van der Waals surface area contributed by atoms with Crippen molar-refractivity contribution in [1.82, 2.24) is 10.1 Å². The lowest BCUT2D eigenvalue weighted by Crippen LogP contribution is -2.24. The minimum atomic E-state index is -0.788. The number of fused-ring (bicyclic) bond motifs is 2. The fourth-order valence-electron chi connectivity index (χ4n) is 3.77. The number of benzene rings is 3. The number of ketones is 2. The van der Waals surface area contributed by atoms with Gasteiger partial charge < -0.3 is 19.7 Å². The molecule has 0 spiro atoms. The SMILES string of the molecule is COc1ccc(-c2noc(COC(=O)c3ccc4c(c3N)C(=O)c3ccccc3C4=O)n2)cc1. The summed E-state index contributed by atoms with van der Waals surface area (Å²) in [5.41, 5.74) is 7.40. The Hall–Kier alpha value is -4.79. The zero-order valence-corrected chi connectivity index (χ0v) is 17.9. The van der Waals surface area contributed by atoms with Crippen molar-refractivity contribution in [2.24, 2.45) is 0 Å². The number of rotatable bonds is 5. The van der Waals surface area contributed by atoms with Crippen LogP contribution in [0.25, 0.3) is 11.4 Å². The standard InChI is InChI=1S/C25H17N3O6/c1-32-14-8-6-13(7-9-14)24-27-19(34-28-24)12-33-25(31)18-11-10-17-20(21(18)26)23(30)16-5-3-2-4-15(16)22(17)29/h2-11H,12,26H2,1H3. The summed E-state index contributed by atoms with van der Waals surface area (Å²) in [7, 11) is 1.57. The lowest BCUT2D eigenvalue weighted by molar-refractivity contribution is 0.0431. The fraction of sp³-hybridized carbons (Fsp3) is 0.0800. The maximum atomic E-state index is 13.0. The third-order valence-corrected chi connectivity index (χ3v) is 5.50. The highest BCUT2D eigenvalue weighted by Gasteiger charge is 2.33. The van der Waals surface area contributed by atoms with Gasteiger partial charge in [0.2, 0.25) is 5.82 Å². The van der Waals surface area contributed by atoms with Crippen LogP contribution in [0.2, 0.25) is 0 Å². The van der Waals surface area contributed by atoms with E-state index in [0.29, 0.717) is 22.7 Å². The number of hydrogen-bond acceptors (Lipinski definition) is 9. The van der Waals surface area contributed by atoms with Crippen LogP contribution in [0, 0.1) is 0 Å². The van der Waals surface area contributed by atoms with Crippen molar-refractivity contribution in [1.29, 1.82) is 0 Å². The molecule has 0 radical (unpaired) electrons. The second-order valence-electron chi connectivity index (χ2n) is 7.47. The van der Waals surface area contributed by atoms with Crippen LogP contribution in [0.5, 0.6) is 5.75 Å². The Labute approximate surface area is 193 Å². The minimum absolute atomic E-state index is 0.00210. The molecule has 2 N–H and O–H groups in total. The Bertz CT molecular complexity index is 1460. The van der Waals surface area contributed by atoms with Crippen molar-refractivity contribution in [3.8, 4) is 17.1 Å². The molecule has 9 heteroatoms. The van der Waals surface area contributed by atoms with Crippen LogP contribution >= 0.6 is 0 Å². The lowest BCUT2D eigenvalue weighted by atomic mass is 9.82. The average Bonchev–Trinajstić information content (AvgIpc) is 3.35. The van der Waals surface area contributed by atoms with Gasteiger partial charge in [-0.05, 0) is 36.4 Å². The number of nitrogens with two attached hydrogens (primary N) is 1. The molecule has 0 atom stereocenters. The van der Waals surface area contributed by atoms with Gasteiger partial charge in [-0.25, -0.2) is 4.79 Å². The highest BCUT2D eigenvalue weighted by Crippen LogP contribution is 2.33. The summed E-state index contributed by atoms with van der Waals surface area (Å²) in [5.74, 6) is -0.441. The molecule has 0 saturated carbocycles. The molecule has 1 aliphatic carbocycles. The molecule has 0 amide bonds. The number of ether oxygens (including phenoxy) is 2. The molecule has 0 aliphatic heterocycles. The maximum absolute atomic E-state index is 13.0.